The molecule has 0 aliphatic carbocycles. The topological polar surface area (TPSA) is 205 Å². The Hall–Kier alpha value is -5.02. The van der Waals surface area contributed by atoms with Gasteiger partial charge in [0, 0.05) is 38.4 Å². The van der Waals surface area contributed by atoms with Crippen LogP contribution in [0.1, 0.15) is 0 Å². The molecule has 1 aromatic heterocycles. The lowest BCUT2D eigenvalue weighted by molar-refractivity contribution is -0.360. The van der Waals surface area contributed by atoms with Crippen LogP contribution in [0.5, 0.6) is 0 Å². The highest BCUT2D eigenvalue weighted by Gasteiger charge is 2.32. The molecule has 0 spiro atoms. The summed E-state index contributed by atoms with van der Waals surface area (Å²) in [5.41, 5.74) is -3.17. The molecule has 0 bridgehead atoms. The largest absolute Gasteiger partial charge is 0.301 e. The molecule has 12 nitrogen and oxygen atoms in total. The average molecular weight is 603 g/mol. The van der Waals surface area contributed by atoms with Crippen molar-refractivity contribution in [2.75, 3.05) is 0 Å². The summed E-state index contributed by atoms with van der Waals surface area (Å²) in [6.45, 7) is 0. The number of aromatic nitrogens is 2. The van der Waals surface area contributed by atoms with Gasteiger partial charge in [-0.05, 0) is 30.3 Å². The van der Waals surface area contributed by atoms with Crippen LogP contribution in [0, 0.1) is 0 Å². The number of benzene rings is 6. The van der Waals surface area contributed by atoms with Crippen molar-refractivity contribution in [1.29, 1.82) is 0 Å². The molecule has 0 saturated carbocycles. The first kappa shape index (κ1) is 25.9. The molecule has 0 saturated heterocycles. The van der Waals surface area contributed by atoms with E-state index in [1.807, 2.05) is 0 Å². The minimum atomic E-state index is -5.03. The van der Waals surface area contributed by atoms with Gasteiger partial charge >= 0.3 is 10.1 Å². The van der Waals surface area contributed by atoms with Gasteiger partial charge in [0.15, 0.2) is 15.8 Å². The van der Waals surface area contributed by atoms with E-state index in [1.54, 1.807) is 12.1 Å². The molecule has 1 heterocycles. The maximum atomic E-state index is 13.7. The Labute approximate surface area is 232 Å². The van der Waals surface area contributed by atoms with Crippen molar-refractivity contribution in [3.63, 3.8) is 0 Å². The van der Waals surface area contributed by atoms with Crippen molar-refractivity contribution in [1.82, 2.24) is 0 Å². The summed E-state index contributed by atoms with van der Waals surface area (Å²) < 4.78 is 68.0. The number of hydrogen-bond donors (Lipinski definition) is 2. The average Bonchev–Trinajstić information content (AvgIpc) is 2.95. The summed E-state index contributed by atoms with van der Waals surface area (Å²) in [5.74, 6) is 0. The van der Waals surface area contributed by atoms with Gasteiger partial charge in [-0.3, -0.25) is 28.3 Å². The Morgan fingerprint density at radius 1 is 0.500 bits per heavy atom. The fraction of sp³-hybridized carbons (Fsp3) is 0. The lowest BCUT2D eigenvalue weighted by Crippen LogP contribution is -2.25. The number of H-pyrrole nitrogens is 2. The van der Waals surface area contributed by atoms with Crippen LogP contribution >= 0.6 is 0 Å². The fourth-order valence-electron chi connectivity index (χ4n) is 5.56. The summed E-state index contributed by atoms with van der Waals surface area (Å²) in [5, 5.41) is -1.05. The van der Waals surface area contributed by atoms with Gasteiger partial charge in [0.1, 0.15) is 10.8 Å². The van der Waals surface area contributed by atoms with Crippen molar-refractivity contribution >= 4 is 85.4 Å². The zero-order valence-electron chi connectivity index (χ0n) is 20.8. The van der Waals surface area contributed by atoms with Crippen LogP contribution in [0.15, 0.2) is 89.6 Å². The van der Waals surface area contributed by atoms with Gasteiger partial charge in [0.25, 0.3) is 32.2 Å². The molecule has 6 aromatic carbocycles. The minimum Gasteiger partial charge on any atom is -0.289 e. The number of aromatic amines is 2. The third-order valence-corrected chi connectivity index (χ3v) is 9.15. The van der Waals surface area contributed by atoms with Gasteiger partial charge in [-0.25, -0.2) is 0 Å². The molecule has 14 heteroatoms. The first-order valence-corrected chi connectivity index (χ1v) is 14.9. The molecule has 0 aliphatic rings. The van der Waals surface area contributed by atoms with E-state index in [-0.39, 0.29) is 65.2 Å². The highest BCUT2D eigenvalue weighted by molar-refractivity contribution is 7.86. The van der Waals surface area contributed by atoms with Crippen LogP contribution in [0.4, 0.5) is 0 Å². The smallest absolute Gasteiger partial charge is 0.289 e. The molecule has 4 N–H and O–H groups in total. The maximum Gasteiger partial charge on any atom is 0.301 e. The highest BCUT2D eigenvalue weighted by atomic mass is 32.2. The molecule has 206 valence electrons. The summed E-state index contributed by atoms with van der Waals surface area (Å²) in [6, 6.07) is 12.5. The Bertz CT molecular complexity index is 2880. The van der Waals surface area contributed by atoms with Crippen LogP contribution in [0.25, 0.3) is 65.2 Å². The molecule has 0 amide bonds. The van der Waals surface area contributed by atoms with Crippen molar-refractivity contribution in [2.24, 2.45) is 0 Å². The van der Waals surface area contributed by atoms with Crippen molar-refractivity contribution < 1.29 is 35.9 Å². The van der Waals surface area contributed by atoms with Gasteiger partial charge < -0.3 is 0 Å². The van der Waals surface area contributed by atoms with Gasteiger partial charge in [0.2, 0.25) is 10.9 Å². The molecule has 7 aromatic rings. The number of rotatable bonds is 2. The van der Waals surface area contributed by atoms with E-state index in [1.165, 1.54) is 24.3 Å². The summed E-state index contributed by atoms with van der Waals surface area (Å²) >= 11 is 0. The van der Waals surface area contributed by atoms with Crippen molar-refractivity contribution in [2.45, 2.75) is 9.79 Å². The number of hydrogen-bond acceptors (Lipinski definition) is 8. The molecule has 0 unspecified atom stereocenters. The molecule has 0 atom stereocenters. The van der Waals surface area contributed by atoms with E-state index < -0.39 is 51.7 Å². The Balaban J connectivity index is 1.76. The number of fused-ring (bicyclic) bond motifs is 8. The quantitative estimate of drug-likeness (QED) is 0.163. The normalized spacial score (nSPS) is 12.8. The van der Waals surface area contributed by atoms with E-state index in [0.29, 0.717) is 0 Å². The van der Waals surface area contributed by atoms with Crippen LogP contribution in [-0.2, 0) is 20.2 Å². The first-order chi connectivity index (χ1) is 19.8. The van der Waals surface area contributed by atoms with E-state index in [0.717, 1.165) is 24.3 Å². The monoisotopic (exact) mass is 602 g/mol. The maximum absolute atomic E-state index is 13.7. The van der Waals surface area contributed by atoms with Gasteiger partial charge in [-0.15, -0.1) is 0 Å². The SMILES string of the molecule is O=c1c2ccc(S(=O)(=O)O)cc2c(=O)c2c1ccc1[nH+]c3c([nH+]c12)c(S(=O)(=O)O)cc1c(=O)c2ccccc2c(=O)c13. The van der Waals surface area contributed by atoms with Gasteiger partial charge in [0.05, 0.1) is 4.90 Å². The minimum absolute atomic E-state index is 0.0570. The Morgan fingerprint density at radius 2 is 1.07 bits per heavy atom. The Morgan fingerprint density at radius 3 is 1.74 bits per heavy atom. The van der Waals surface area contributed by atoms with Crippen LogP contribution in [-0.4, -0.2) is 25.9 Å². The molecule has 7 rings (SSSR count). The summed E-state index contributed by atoms with van der Waals surface area (Å²) in [7, 11) is -9.75. The lowest BCUT2D eigenvalue weighted by Gasteiger charge is -2.05. The van der Waals surface area contributed by atoms with E-state index in [4.69, 9.17) is 0 Å². The van der Waals surface area contributed by atoms with Crippen LogP contribution in [0.2, 0.25) is 0 Å². The molecular weight excluding hydrogens is 588 g/mol. The zero-order valence-corrected chi connectivity index (χ0v) is 22.4. The molecule has 0 aliphatic heterocycles. The second-order valence-electron chi connectivity index (χ2n) is 9.73. The summed E-state index contributed by atoms with van der Waals surface area (Å²) in [4.78, 5) is 58.2. The second-order valence-corrected chi connectivity index (χ2v) is 12.5. The molecule has 42 heavy (non-hydrogen) atoms. The predicted molar refractivity (Wildman–Crippen MR) is 152 cm³/mol. The predicted octanol–water partition coefficient (Wildman–Crippen LogP) is 1.04. The van der Waals surface area contributed by atoms with Crippen LogP contribution < -0.4 is 31.7 Å². The van der Waals surface area contributed by atoms with Crippen molar-refractivity contribution in [3.8, 4) is 0 Å². The lowest BCUT2D eigenvalue weighted by atomic mass is 9.99. The van der Waals surface area contributed by atoms with E-state index in [2.05, 4.69) is 9.97 Å². The fourth-order valence-corrected chi connectivity index (χ4v) is 6.74. The molecule has 0 fully saturated rings. The van der Waals surface area contributed by atoms with E-state index >= 15 is 0 Å². The number of nitrogens with one attached hydrogen (secondary N) is 2. The van der Waals surface area contributed by atoms with Crippen LogP contribution in [0.3, 0.4) is 0 Å². The van der Waals surface area contributed by atoms with Gasteiger partial charge in [-0.2, -0.15) is 26.8 Å². The van der Waals surface area contributed by atoms with Crippen molar-refractivity contribution in [3.05, 3.63) is 102 Å². The second kappa shape index (κ2) is 8.27. The standard InChI is InChI=1S/C28H12N2O10S2/c31-25-14-6-5-11(41(35,36)37)9-16(14)28(34)20-15(25)7-8-18-22(20)30-23-19(42(38,39)40)10-17-21(24(23)29-18)27(33)13-4-2-1-3-12(13)26(17)32/h1-10H,(H,35,36,37)(H,38,39,40)/p+2. The molecular formula is C28H14N2O10S2+2. The Kier molecular flexibility index (Phi) is 5.10. The third-order valence-electron chi connectivity index (χ3n) is 7.42. The highest BCUT2D eigenvalue weighted by Crippen LogP contribution is 2.27. The van der Waals surface area contributed by atoms with E-state index in [9.17, 15) is 45.1 Å². The van der Waals surface area contributed by atoms with Gasteiger partial charge in [-0.1, -0.05) is 24.3 Å². The first-order valence-electron chi connectivity index (χ1n) is 12.1. The summed E-state index contributed by atoms with van der Waals surface area (Å²) in [6.07, 6.45) is 0. The zero-order chi connectivity index (χ0) is 29.9. The third kappa shape index (κ3) is 3.46. The molecule has 0 radical (unpaired) electrons.